The van der Waals surface area contributed by atoms with Crippen molar-refractivity contribution in [2.24, 2.45) is 5.41 Å². The Morgan fingerprint density at radius 3 is 2.74 bits per heavy atom. The van der Waals surface area contributed by atoms with Gasteiger partial charge in [-0.3, -0.25) is 14.9 Å². The Hall–Kier alpha value is -1.99. The van der Waals surface area contributed by atoms with Crippen LogP contribution in [0.25, 0.3) is 0 Å². The van der Waals surface area contributed by atoms with Crippen LogP contribution in [0.1, 0.15) is 33.6 Å². The van der Waals surface area contributed by atoms with E-state index in [4.69, 9.17) is 5.11 Å². The van der Waals surface area contributed by atoms with Crippen molar-refractivity contribution in [1.29, 1.82) is 0 Å². The SMILES string of the molecule is CC(CC(=O)Nc1cccc([N+](=O)[O-])c1)NCC(C)(C)CCO. The van der Waals surface area contributed by atoms with Crippen LogP contribution in [0.2, 0.25) is 0 Å². The molecule has 23 heavy (non-hydrogen) atoms. The highest BCUT2D eigenvalue weighted by Crippen LogP contribution is 2.19. The zero-order valence-corrected chi connectivity index (χ0v) is 13.8. The first-order valence-electron chi connectivity index (χ1n) is 7.62. The lowest BCUT2D eigenvalue weighted by Crippen LogP contribution is -2.37. The second kappa shape index (κ2) is 8.59. The molecule has 0 heterocycles. The predicted octanol–water partition coefficient (Wildman–Crippen LogP) is 2.31. The third-order valence-corrected chi connectivity index (χ3v) is 3.55. The van der Waals surface area contributed by atoms with E-state index in [1.807, 2.05) is 20.8 Å². The molecule has 1 rings (SSSR count). The van der Waals surface area contributed by atoms with Crippen LogP contribution < -0.4 is 10.6 Å². The molecule has 0 fully saturated rings. The molecule has 0 aromatic heterocycles. The molecule has 1 atom stereocenters. The van der Waals surface area contributed by atoms with E-state index in [0.717, 1.165) is 0 Å². The van der Waals surface area contributed by atoms with Gasteiger partial charge in [-0.05, 0) is 24.8 Å². The fraction of sp³-hybridized carbons (Fsp3) is 0.562. The predicted molar refractivity (Wildman–Crippen MR) is 89.3 cm³/mol. The van der Waals surface area contributed by atoms with Crippen LogP contribution in [-0.2, 0) is 4.79 Å². The fourth-order valence-corrected chi connectivity index (χ4v) is 2.10. The summed E-state index contributed by atoms with van der Waals surface area (Å²) in [6, 6.07) is 5.83. The van der Waals surface area contributed by atoms with Gasteiger partial charge in [-0.2, -0.15) is 0 Å². The Balaban J connectivity index is 2.47. The number of aliphatic hydroxyl groups excluding tert-OH is 1. The maximum Gasteiger partial charge on any atom is 0.271 e. The number of rotatable bonds is 9. The molecule has 1 unspecified atom stereocenters. The number of nitrogens with one attached hydrogen (secondary N) is 2. The first-order chi connectivity index (χ1) is 10.7. The number of hydrogen-bond acceptors (Lipinski definition) is 5. The summed E-state index contributed by atoms with van der Waals surface area (Å²) < 4.78 is 0. The molecule has 0 aliphatic heterocycles. The first-order valence-corrected chi connectivity index (χ1v) is 7.62. The molecule has 0 aliphatic carbocycles. The number of carbonyl (C=O) groups is 1. The van der Waals surface area contributed by atoms with E-state index in [-0.39, 0.29) is 36.1 Å². The molecule has 0 spiro atoms. The molecule has 1 aromatic rings. The smallest absolute Gasteiger partial charge is 0.271 e. The lowest BCUT2D eigenvalue weighted by Gasteiger charge is -2.26. The number of benzene rings is 1. The molecule has 0 aliphatic rings. The van der Waals surface area contributed by atoms with Gasteiger partial charge in [0.25, 0.3) is 5.69 Å². The monoisotopic (exact) mass is 323 g/mol. The molecular weight excluding hydrogens is 298 g/mol. The Morgan fingerprint density at radius 2 is 2.13 bits per heavy atom. The van der Waals surface area contributed by atoms with Crippen molar-refractivity contribution >= 4 is 17.3 Å². The summed E-state index contributed by atoms with van der Waals surface area (Å²) >= 11 is 0. The second-order valence-corrected chi connectivity index (χ2v) is 6.48. The minimum absolute atomic E-state index is 0.0355. The Bertz CT molecular complexity index is 546. The Morgan fingerprint density at radius 1 is 1.43 bits per heavy atom. The normalized spacial score (nSPS) is 12.7. The van der Waals surface area contributed by atoms with Gasteiger partial charge in [0.15, 0.2) is 0 Å². The van der Waals surface area contributed by atoms with Gasteiger partial charge in [0.1, 0.15) is 0 Å². The van der Waals surface area contributed by atoms with Crippen molar-refractivity contribution in [3.8, 4) is 0 Å². The molecule has 0 saturated heterocycles. The molecule has 0 saturated carbocycles. The Labute approximate surface area is 136 Å². The number of carbonyl (C=O) groups excluding carboxylic acids is 1. The van der Waals surface area contributed by atoms with E-state index in [2.05, 4.69) is 10.6 Å². The van der Waals surface area contributed by atoms with Crippen molar-refractivity contribution in [2.45, 2.75) is 39.7 Å². The van der Waals surface area contributed by atoms with E-state index >= 15 is 0 Å². The molecule has 7 nitrogen and oxygen atoms in total. The molecule has 0 radical (unpaired) electrons. The van der Waals surface area contributed by atoms with Crippen LogP contribution >= 0.6 is 0 Å². The average molecular weight is 323 g/mol. The number of hydrogen-bond donors (Lipinski definition) is 3. The van der Waals surface area contributed by atoms with Gasteiger partial charge in [-0.25, -0.2) is 0 Å². The maximum atomic E-state index is 12.0. The summed E-state index contributed by atoms with van der Waals surface area (Å²) in [7, 11) is 0. The molecular formula is C16H25N3O4. The standard InChI is InChI=1S/C16H25N3O4/c1-12(17-11-16(2,3)7-8-20)9-15(21)18-13-5-4-6-14(10-13)19(22)23/h4-6,10,12,17,20H,7-9,11H2,1-3H3,(H,18,21). The summed E-state index contributed by atoms with van der Waals surface area (Å²) in [5, 5.41) is 25.7. The third-order valence-electron chi connectivity index (χ3n) is 3.55. The van der Waals surface area contributed by atoms with Crippen molar-refractivity contribution in [2.75, 3.05) is 18.5 Å². The van der Waals surface area contributed by atoms with E-state index in [9.17, 15) is 14.9 Å². The lowest BCUT2D eigenvalue weighted by atomic mass is 9.89. The largest absolute Gasteiger partial charge is 0.396 e. The van der Waals surface area contributed by atoms with Gasteiger partial charge in [-0.15, -0.1) is 0 Å². The van der Waals surface area contributed by atoms with Gasteiger partial charge >= 0.3 is 0 Å². The number of nitrogens with zero attached hydrogens (tertiary/aromatic N) is 1. The zero-order valence-electron chi connectivity index (χ0n) is 13.8. The van der Waals surface area contributed by atoms with Crippen molar-refractivity contribution in [3.63, 3.8) is 0 Å². The maximum absolute atomic E-state index is 12.0. The van der Waals surface area contributed by atoms with E-state index in [1.165, 1.54) is 18.2 Å². The highest BCUT2D eigenvalue weighted by molar-refractivity contribution is 5.91. The number of non-ortho nitro benzene ring substituents is 1. The molecule has 0 bridgehead atoms. The molecule has 128 valence electrons. The quantitative estimate of drug-likeness (QED) is 0.478. The summed E-state index contributed by atoms with van der Waals surface area (Å²) in [5.41, 5.74) is 0.316. The summed E-state index contributed by atoms with van der Waals surface area (Å²) in [6.07, 6.45) is 0.949. The van der Waals surface area contributed by atoms with Crippen LogP contribution in [0.4, 0.5) is 11.4 Å². The highest BCUT2D eigenvalue weighted by atomic mass is 16.6. The zero-order chi connectivity index (χ0) is 17.5. The summed E-state index contributed by atoms with van der Waals surface area (Å²) in [6.45, 7) is 6.83. The minimum atomic E-state index is -0.497. The fourth-order valence-electron chi connectivity index (χ4n) is 2.10. The summed E-state index contributed by atoms with van der Waals surface area (Å²) in [4.78, 5) is 22.2. The van der Waals surface area contributed by atoms with Gasteiger partial charge in [0.05, 0.1) is 4.92 Å². The second-order valence-electron chi connectivity index (χ2n) is 6.48. The third kappa shape index (κ3) is 7.21. The summed E-state index contributed by atoms with van der Waals surface area (Å²) in [5.74, 6) is -0.203. The lowest BCUT2D eigenvalue weighted by molar-refractivity contribution is -0.384. The topological polar surface area (TPSA) is 104 Å². The van der Waals surface area contributed by atoms with E-state index in [1.54, 1.807) is 6.07 Å². The molecule has 3 N–H and O–H groups in total. The highest BCUT2D eigenvalue weighted by Gasteiger charge is 2.19. The minimum Gasteiger partial charge on any atom is -0.396 e. The molecule has 1 amide bonds. The number of anilines is 1. The van der Waals surface area contributed by atoms with Crippen LogP contribution in [0.5, 0.6) is 0 Å². The van der Waals surface area contributed by atoms with Crippen LogP contribution in [0.3, 0.4) is 0 Å². The Kier molecular flexibility index (Phi) is 7.12. The van der Waals surface area contributed by atoms with E-state index < -0.39 is 4.92 Å². The van der Waals surface area contributed by atoms with Gasteiger partial charge in [0.2, 0.25) is 5.91 Å². The van der Waals surface area contributed by atoms with E-state index in [0.29, 0.717) is 18.7 Å². The first kappa shape index (κ1) is 19.1. The van der Waals surface area contributed by atoms with Gasteiger partial charge in [-0.1, -0.05) is 19.9 Å². The van der Waals surface area contributed by atoms with Crippen LogP contribution in [0, 0.1) is 15.5 Å². The van der Waals surface area contributed by atoms with Crippen LogP contribution in [-0.4, -0.2) is 35.1 Å². The average Bonchev–Trinajstić information content (AvgIpc) is 2.45. The number of amides is 1. The van der Waals surface area contributed by atoms with Crippen molar-refractivity contribution < 1.29 is 14.8 Å². The van der Waals surface area contributed by atoms with Gasteiger partial charge in [0, 0.05) is 43.4 Å². The van der Waals surface area contributed by atoms with Crippen LogP contribution in [0.15, 0.2) is 24.3 Å². The van der Waals surface area contributed by atoms with Gasteiger partial charge < -0.3 is 15.7 Å². The number of nitro groups is 1. The molecule has 1 aromatic carbocycles. The van der Waals surface area contributed by atoms with Crippen molar-refractivity contribution in [3.05, 3.63) is 34.4 Å². The number of nitro benzene ring substituents is 1. The number of aliphatic hydroxyl groups is 1. The van der Waals surface area contributed by atoms with Crippen molar-refractivity contribution in [1.82, 2.24) is 5.32 Å². The molecule has 7 heteroatoms.